The fraction of sp³-hybridized carbons (Fsp3) is 0.700. The second-order valence-corrected chi connectivity index (χ2v) is 4.21. The van der Waals surface area contributed by atoms with E-state index in [9.17, 15) is 9.90 Å². The van der Waals surface area contributed by atoms with E-state index < -0.39 is 11.6 Å². The van der Waals surface area contributed by atoms with E-state index in [0.29, 0.717) is 12.3 Å². The minimum Gasteiger partial charge on any atom is -0.461 e. The van der Waals surface area contributed by atoms with E-state index in [4.69, 9.17) is 4.74 Å². The lowest BCUT2D eigenvalue weighted by atomic mass is 10.1. The van der Waals surface area contributed by atoms with Crippen LogP contribution in [0.4, 0.5) is 0 Å². The van der Waals surface area contributed by atoms with Crippen molar-refractivity contribution in [2.75, 3.05) is 6.61 Å². The smallest absolute Gasteiger partial charge is 0.360 e. The molecule has 0 unspecified atom stereocenters. The van der Waals surface area contributed by atoms with Gasteiger partial charge in [-0.25, -0.2) is 9.48 Å². The molecule has 0 spiro atoms. The lowest BCUT2D eigenvalue weighted by Gasteiger charge is -2.17. The Morgan fingerprint density at radius 1 is 1.56 bits per heavy atom. The van der Waals surface area contributed by atoms with Crippen LogP contribution in [0.3, 0.4) is 0 Å². The molecule has 0 aliphatic heterocycles. The number of carbonyl (C=O) groups excluding carboxylic acids is 1. The Labute approximate surface area is 94.2 Å². The largest absolute Gasteiger partial charge is 0.461 e. The average molecular weight is 227 g/mol. The Morgan fingerprint density at radius 2 is 2.19 bits per heavy atom. The molecule has 1 N–H and O–H groups in total. The van der Waals surface area contributed by atoms with Crippen molar-refractivity contribution in [2.24, 2.45) is 0 Å². The number of aromatic nitrogens is 3. The maximum Gasteiger partial charge on any atom is 0.360 e. The molecule has 0 atom stereocenters. The minimum atomic E-state index is -0.898. The van der Waals surface area contributed by atoms with Crippen LogP contribution < -0.4 is 0 Å². The molecule has 0 aliphatic rings. The standard InChI is InChI=1S/C10H17N3O3/c1-5-16-9(14)8-7(2)13(12-11-8)6-10(3,4)15/h15H,5-6H2,1-4H3. The van der Waals surface area contributed by atoms with Gasteiger partial charge in [-0.05, 0) is 27.7 Å². The summed E-state index contributed by atoms with van der Waals surface area (Å²) in [5, 5.41) is 17.2. The first-order valence-corrected chi connectivity index (χ1v) is 5.14. The predicted octanol–water partition coefficient (Wildman–Crippen LogP) is 0.534. The summed E-state index contributed by atoms with van der Waals surface area (Å²) in [6.07, 6.45) is 0. The fourth-order valence-electron chi connectivity index (χ4n) is 1.27. The highest BCUT2D eigenvalue weighted by Gasteiger charge is 2.21. The molecule has 1 aromatic heterocycles. The van der Waals surface area contributed by atoms with Crippen LogP contribution in [0.1, 0.15) is 37.0 Å². The molecule has 0 aliphatic carbocycles. The third kappa shape index (κ3) is 3.03. The highest BCUT2D eigenvalue weighted by molar-refractivity contribution is 5.88. The van der Waals surface area contributed by atoms with Crippen LogP contribution in [-0.2, 0) is 11.3 Å². The molecule has 0 bridgehead atoms. The Kier molecular flexibility index (Phi) is 3.64. The van der Waals surface area contributed by atoms with Gasteiger partial charge in [0.2, 0.25) is 0 Å². The molecule has 0 fully saturated rings. The number of ether oxygens (including phenoxy) is 1. The molecule has 0 amide bonds. The molecule has 1 rings (SSSR count). The summed E-state index contributed by atoms with van der Waals surface area (Å²) in [7, 11) is 0. The maximum absolute atomic E-state index is 11.4. The van der Waals surface area contributed by atoms with E-state index >= 15 is 0 Å². The summed E-state index contributed by atoms with van der Waals surface area (Å²) in [5.41, 5.74) is -0.101. The third-order valence-corrected chi connectivity index (χ3v) is 1.99. The van der Waals surface area contributed by atoms with Gasteiger partial charge in [-0.15, -0.1) is 5.10 Å². The van der Waals surface area contributed by atoms with Gasteiger partial charge in [0.25, 0.3) is 0 Å². The Bertz CT molecular complexity index is 379. The number of hydrogen-bond acceptors (Lipinski definition) is 5. The van der Waals surface area contributed by atoms with Crippen molar-refractivity contribution in [1.29, 1.82) is 0 Å². The van der Waals surface area contributed by atoms with Crippen LogP contribution in [0.2, 0.25) is 0 Å². The highest BCUT2D eigenvalue weighted by atomic mass is 16.5. The molecule has 6 nitrogen and oxygen atoms in total. The Hall–Kier alpha value is -1.43. The van der Waals surface area contributed by atoms with Gasteiger partial charge in [-0.3, -0.25) is 0 Å². The summed E-state index contributed by atoms with van der Waals surface area (Å²) in [6, 6.07) is 0. The van der Waals surface area contributed by atoms with Crippen molar-refractivity contribution in [3.05, 3.63) is 11.4 Å². The van der Waals surface area contributed by atoms with Crippen LogP contribution in [0.15, 0.2) is 0 Å². The van der Waals surface area contributed by atoms with Gasteiger partial charge in [-0.1, -0.05) is 5.21 Å². The van der Waals surface area contributed by atoms with Crippen LogP contribution in [0.25, 0.3) is 0 Å². The molecule has 0 radical (unpaired) electrons. The second kappa shape index (κ2) is 4.61. The van der Waals surface area contributed by atoms with Crippen molar-refractivity contribution >= 4 is 5.97 Å². The normalized spacial score (nSPS) is 11.6. The first-order chi connectivity index (χ1) is 7.35. The van der Waals surface area contributed by atoms with Gasteiger partial charge in [0, 0.05) is 0 Å². The molecule has 0 aromatic carbocycles. The van der Waals surface area contributed by atoms with E-state index in [-0.39, 0.29) is 12.2 Å². The summed E-state index contributed by atoms with van der Waals surface area (Å²) in [4.78, 5) is 11.4. The van der Waals surface area contributed by atoms with Gasteiger partial charge >= 0.3 is 5.97 Å². The number of rotatable bonds is 4. The van der Waals surface area contributed by atoms with E-state index in [1.165, 1.54) is 4.68 Å². The number of hydrogen-bond donors (Lipinski definition) is 1. The summed E-state index contributed by atoms with van der Waals surface area (Å²) in [6.45, 7) is 7.37. The number of carbonyl (C=O) groups is 1. The zero-order chi connectivity index (χ0) is 12.3. The lowest BCUT2D eigenvalue weighted by molar-refractivity contribution is 0.0511. The molecular weight excluding hydrogens is 210 g/mol. The van der Waals surface area contributed by atoms with Crippen LogP contribution >= 0.6 is 0 Å². The quantitative estimate of drug-likeness (QED) is 0.759. The topological polar surface area (TPSA) is 77.2 Å². The number of aliphatic hydroxyl groups is 1. The van der Waals surface area contributed by atoms with Gasteiger partial charge in [0.05, 0.1) is 24.4 Å². The van der Waals surface area contributed by atoms with E-state index in [2.05, 4.69) is 10.3 Å². The zero-order valence-electron chi connectivity index (χ0n) is 10.0. The zero-order valence-corrected chi connectivity index (χ0v) is 10.0. The SMILES string of the molecule is CCOC(=O)c1nnn(CC(C)(C)O)c1C. The van der Waals surface area contributed by atoms with Crippen molar-refractivity contribution in [3.8, 4) is 0 Å². The highest BCUT2D eigenvalue weighted by Crippen LogP contribution is 2.10. The van der Waals surface area contributed by atoms with Gasteiger partial charge in [0.15, 0.2) is 5.69 Å². The second-order valence-electron chi connectivity index (χ2n) is 4.21. The first kappa shape index (κ1) is 12.6. The number of esters is 1. The average Bonchev–Trinajstić information content (AvgIpc) is 2.46. The van der Waals surface area contributed by atoms with E-state index in [1.54, 1.807) is 27.7 Å². The molecule has 6 heteroatoms. The predicted molar refractivity (Wildman–Crippen MR) is 57.0 cm³/mol. The summed E-state index contributed by atoms with van der Waals surface area (Å²) >= 11 is 0. The first-order valence-electron chi connectivity index (χ1n) is 5.14. The fourth-order valence-corrected chi connectivity index (χ4v) is 1.27. The molecule has 90 valence electrons. The Morgan fingerprint density at radius 3 is 2.69 bits per heavy atom. The molecule has 0 saturated heterocycles. The van der Waals surface area contributed by atoms with E-state index in [1.807, 2.05) is 0 Å². The molecular formula is C10H17N3O3. The third-order valence-electron chi connectivity index (χ3n) is 1.99. The lowest BCUT2D eigenvalue weighted by Crippen LogP contribution is -2.27. The van der Waals surface area contributed by atoms with Crippen molar-refractivity contribution in [2.45, 2.75) is 39.8 Å². The van der Waals surface area contributed by atoms with Gasteiger partial charge < -0.3 is 9.84 Å². The molecule has 0 saturated carbocycles. The molecule has 1 heterocycles. The van der Waals surface area contributed by atoms with Crippen molar-refractivity contribution < 1.29 is 14.6 Å². The maximum atomic E-state index is 11.4. The van der Waals surface area contributed by atoms with Crippen LogP contribution in [0, 0.1) is 6.92 Å². The monoisotopic (exact) mass is 227 g/mol. The number of nitrogens with zero attached hydrogens (tertiary/aromatic N) is 3. The van der Waals surface area contributed by atoms with Crippen LogP contribution in [-0.4, -0.2) is 38.3 Å². The summed E-state index contributed by atoms with van der Waals surface area (Å²) in [5.74, 6) is -0.484. The van der Waals surface area contributed by atoms with Crippen LogP contribution in [0.5, 0.6) is 0 Å². The summed E-state index contributed by atoms with van der Waals surface area (Å²) < 4.78 is 6.33. The molecule has 1 aromatic rings. The van der Waals surface area contributed by atoms with Gasteiger partial charge in [0.1, 0.15) is 0 Å². The Balaban J connectivity index is 2.88. The van der Waals surface area contributed by atoms with Crippen molar-refractivity contribution in [3.63, 3.8) is 0 Å². The molecule has 16 heavy (non-hydrogen) atoms. The van der Waals surface area contributed by atoms with Gasteiger partial charge in [-0.2, -0.15) is 0 Å². The minimum absolute atomic E-state index is 0.200. The van der Waals surface area contributed by atoms with Crippen molar-refractivity contribution in [1.82, 2.24) is 15.0 Å². The van der Waals surface area contributed by atoms with E-state index in [0.717, 1.165) is 0 Å².